The Labute approximate surface area is 70.6 Å². The number of alkyl halides is 3. The van der Waals surface area contributed by atoms with E-state index in [4.69, 9.17) is 5.73 Å². The summed E-state index contributed by atoms with van der Waals surface area (Å²) in [5, 5.41) is 0. The first-order chi connectivity index (χ1) is 5.91. The zero-order valence-electron chi connectivity index (χ0n) is 6.17. The minimum atomic E-state index is -4.50. The third kappa shape index (κ3) is 2.14. The molecule has 7 heteroatoms. The lowest BCUT2D eigenvalue weighted by molar-refractivity contribution is -0.138. The molecule has 1 rings (SSSR count). The number of primary amides is 1. The SMILES string of the molecule is NC(=O)c1ncc(C(F)(F)F)cn1. The van der Waals surface area contributed by atoms with Gasteiger partial charge in [0.05, 0.1) is 5.56 Å². The Kier molecular flexibility index (Phi) is 2.18. The van der Waals surface area contributed by atoms with Gasteiger partial charge in [-0.1, -0.05) is 0 Å². The van der Waals surface area contributed by atoms with Crippen molar-refractivity contribution in [1.29, 1.82) is 0 Å². The van der Waals surface area contributed by atoms with Crippen LogP contribution in [0, 0.1) is 0 Å². The second kappa shape index (κ2) is 3.00. The van der Waals surface area contributed by atoms with E-state index in [1.54, 1.807) is 0 Å². The van der Waals surface area contributed by atoms with Gasteiger partial charge < -0.3 is 5.73 Å². The number of carbonyl (C=O) groups is 1. The Hall–Kier alpha value is -1.66. The Balaban J connectivity index is 3.01. The fourth-order valence-electron chi connectivity index (χ4n) is 0.602. The molecule has 0 spiro atoms. The van der Waals surface area contributed by atoms with Gasteiger partial charge in [-0.2, -0.15) is 13.2 Å². The van der Waals surface area contributed by atoms with Gasteiger partial charge in [0.2, 0.25) is 5.82 Å². The van der Waals surface area contributed by atoms with Crippen LogP contribution in [0.3, 0.4) is 0 Å². The van der Waals surface area contributed by atoms with Crippen LogP contribution in [0.5, 0.6) is 0 Å². The van der Waals surface area contributed by atoms with Crippen molar-refractivity contribution in [3.63, 3.8) is 0 Å². The number of nitrogens with two attached hydrogens (primary N) is 1. The van der Waals surface area contributed by atoms with Crippen LogP contribution in [-0.4, -0.2) is 15.9 Å². The Morgan fingerprint density at radius 1 is 1.31 bits per heavy atom. The summed E-state index contributed by atoms with van der Waals surface area (Å²) in [6, 6.07) is 0. The maximum absolute atomic E-state index is 11.9. The molecule has 1 amide bonds. The number of carbonyl (C=O) groups excluding carboxylic acids is 1. The van der Waals surface area contributed by atoms with Crippen LogP contribution in [-0.2, 0) is 6.18 Å². The molecule has 0 atom stereocenters. The molecule has 1 aromatic rings. The molecule has 1 aromatic heterocycles. The third-order valence-electron chi connectivity index (χ3n) is 1.20. The number of halogens is 3. The van der Waals surface area contributed by atoms with Gasteiger partial charge in [0.15, 0.2) is 0 Å². The van der Waals surface area contributed by atoms with Gasteiger partial charge in [-0.05, 0) is 0 Å². The highest BCUT2D eigenvalue weighted by atomic mass is 19.4. The molecule has 2 N–H and O–H groups in total. The predicted octanol–water partition coefficient (Wildman–Crippen LogP) is 0.594. The third-order valence-corrected chi connectivity index (χ3v) is 1.20. The van der Waals surface area contributed by atoms with Crippen molar-refractivity contribution in [3.8, 4) is 0 Å². The monoisotopic (exact) mass is 191 g/mol. The molecule has 0 saturated heterocycles. The zero-order chi connectivity index (χ0) is 10.1. The number of hydrogen-bond acceptors (Lipinski definition) is 3. The van der Waals surface area contributed by atoms with Crippen molar-refractivity contribution in [2.45, 2.75) is 6.18 Å². The van der Waals surface area contributed by atoms with Crippen LogP contribution in [0.1, 0.15) is 16.2 Å². The molecule has 70 valence electrons. The number of rotatable bonds is 1. The van der Waals surface area contributed by atoms with E-state index < -0.39 is 23.5 Å². The average molecular weight is 191 g/mol. The number of amides is 1. The minimum absolute atomic E-state index is 0.437. The smallest absolute Gasteiger partial charge is 0.363 e. The van der Waals surface area contributed by atoms with Crippen LogP contribution in [0.15, 0.2) is 12.4 Å². The summed E-state index contributed by atoms with van der Waals surface area (Å²) < 4.78 is 35.8. The highest BCUT2D eigenvalue weighted by Crippen LogP contribution is 2.27. The molecular weight excluding hydrogens is 187 g/mol. The summed E-state index contributed by atoms with van der Waals surface area (Å²) in [6.07, 6.45) is -3.49. The summed E-state index contributed by atoms with van der Waals surface area (Å²) in [6.45, 7) is 0. The Morgan fingerprint density at radius 2 is 1.77 bits per heavy atom. The fraction of sp³-hybridized carbons (Fsp3) is 0.167. The van der Waals surface area contributed by atoms with Crippen molar-refractivity contribution in [1.82, 2.24) is 9.97 Å². The molecule has 0 aliphatic carbocycles. The first kappa shape index (κ1) is 9.43. The largest absolute Gasteiger partial charge is 0.419 e. The predicted molar refractivity (Wildman–Crippen MR) is 35.6 cm³/mol. The van der Waals surface area contributed by atoms with Crippen LogP contribution in [0.4, 0.5) is 13.2 Å². The first-order valence-electron chi connectivity index (χ1n) is 3.10. The van der Waals surface area contributed by atoms with E-state index in [9.17, 15) is 18.0 Å². The second-order valence-electron chi connectivity index (χ2n) is 2.16. The summed E-state index contributed by atoms with van der Waals surface area (Å²) in [5.74, 6) is -1.40. The first-order valence-corrected chi connectivity index (χ1v) is 3.10. The molecule has 0 radical (unpaired) electrons. The van der Waals surface area contributed by atoms with Gasteiger partial charge >= 0.3 is 6.18 Å². The van der Waals surface area contributed by atoms with E-state index in [2.05, 4.69) is 9.97 Å². The normalized spacial score (nSPS) is 11.3. The highest BCUT2D eigenvalue weighted by molar-refractivity contribution is 5.88. The van der Waals surface area contributed by atoms with Gasteiger partial charge in [-0.25, -0.2) is 9.97 Å². The lowest BCUT2D eigenvalue weighted by atomic mass is 10.3. The quantitative estimate of drug-likeness (QED) is 0.706. The van der Waals surface area contributed by atoms with Gasteiger partial charge in [0.25, 0.3) is 5.91 Å². The van der Waals surface area contributed by atoms with E-state index in [0.717, 1.165) is 0 Å². The Morgan fingerprint density at radius 3 is 2.08 bits per heavy atom. The number of hydrogen-bond donors (Lipinski definition) is 1. The highest BCUT2D eigenvalue weighted by Gasteiger charge is 2.31. The van der Waals surface area contributed by atoms with Crippen LogP contribution < -0.4 is 5.73 Å². The molecule has 13 heavy (non-hydrogen) atoms. The molecule has 0 aliphatic rings. The van der Waals surface area contributed by atoms with Crippen molar-refractivity contribution in [3.05, 3.63) is 23.8 Å². The molecule has 0 aromatic carbocycles. The lowest BCUT2D eigenvalue weighted by Gasteiger charge is -2.04. The summed E-state index contributed by atoms with van der Waals surface area (Å²) in [5.41, 5.74) is 3.71. The van der Waals surface area contributed by atoms with Crippen molar-refractivity contribution >= 4 is 5.91 Å². The van der Waals surface area contributed by atoms with E-state index in [1.165, 1.54) is 0 Å². The van der Waals surface area contributed by atoms with E-state index in [0.29, 0.717) is 12.4 Å². The topological polar surface area (TPSA) is 68.9 Å². The molecule has 0 fully saturated rings. The molecular formula is C6H4F3N3O. The number of nitrogens with zero attached hydrogens (tertiary/aromatic N) is 2. The molecule has 4 nitrogen and oxygen atoms in total. The summed E-state index contributed by atoms with van der Waals surface area (Å²) in [7, 11) is 0. The van der Waals surface area contributed by atoms with Crippen molar-refractivity contribution < 1.29 is 18.0 Å². The summed E-state index contributed by atoms with van der Waals surface area (Å²) in [4.78, 5) is 16.7. The molecule has 0 unspecified atom stereocenters. The molecule has 0 saturated carbocycles. The zero-order valence-corrected chi connectivity index (χ0v) is 6.17. The van der Waals surface area contributed by atoms with Gasteiger partial charge in [0.1, 0.15) is 0 Å². The summed E-state index contributed by atoms with van der Waals surface area (Å²) >= 11 is 0. The van der Waals surface area contributed by atoms with Gasteiger partial charge in [-0.15, -0.1) is 0 Å². The maximum atomic E-state index is 11.9. The van der Waals surface area contributed by atoms with Gasteiger partial charge in [0, 0.05) is 12.4 Å². The van der Waals surface area contributed by atoms with Crippen LogP contribution >= 0.6 is 0 Å². The molecule has 0 aliphatic heterocycles. The minimum Gasteiger partial charge on any atom is -0.363 e. The average Bonchev–Trinajstić information content (AvgIpc) is 2.03. The van der Waals surface area contributed by atoms with E-state index in [1.807, 2.05) is 0 Å². The standard InChI is InChI=1S/C6H4F3N3O/c7-6(8,9)3-1-11-5(4(10)13)12-2-3/h1-2H,(H2,10,13). The van der Waals surface area contributed by atoms with E-state index in [-0.39, 0.29) is 0 Å². The van der Waals surface area contributed by atoms with Crippen molar-refractivity contribution in [2.24, 2.45) is 5.73 Å². The second-order valence-corrected chi connectivity index (χ2v) is 2.16. The van der Waals surface area contributed by atoms with Crippen molar-refractivity contribution in [2.75, 3.05) is 0 Å². The van der Waals surface area contributed by atoms with E-state index >= 15 is 0 Å². The lowest BCUT2D eigenvalue weighted by Crippen LogP contribution is -2.16. The molecule has 0 bridgehead atoms. The fourth-order valence-corrected chi connectivity index (χ4v) is 0.602. The van der Waals surface area contributed by atoms with Crippen LogP contribution in [0.25, 0.3) is 0 Å². The Bertz CT molecular complexity index is 319. The number of aromatic nitrogens is 2. The molecule has 1 heterocycles. The van der Waals surface area contributed by atoms with Gasteiger partial charge in [-0.3, -0.25) is 4.79 Å². The maximum Gasteiger partial charge on any atom is 0.419 e. The van der Waals surface area contributed by atoms with Crippen LogP contribution in [0.2, 0.25) is 0 Å².